The molecule has 0 aromatic heterocycles. The zero-order chi connectivity index (χ0) is 14.4. The Balaban J connectivity index is 2.12. The number of rotatable bonds is 4. The van der Waals surface area contributed by atoms with Crippen LogP contribution in [0.25, 0.3) is 0 Å². The van der Waals surface area contributed by atoms with Crippen LogP contribution < -0.4 is 11.1 Å². The largest absolute Gasteiger partial charge is 0.409 e. The lowest BCUT2D eigenvalue weighted by Gasteiger charge is -2.25. The van der Waals surface area contributed by atoms with E-state index in [1.54, 1.807) is 12.1 Å². The number of amides is 1. The molecule has 1 aromatic rings. The highest BCUT2D eigenvalue weighted by Gasteiger charge is 2.27. The molecule has 1 saturated heterocycles. The van der Waals surface area contributed by atoms with Gasteiger partial charge in [0.05, 0.1) is 0 Å². The Morgan fingerprint density at radius 3 is 2.60 bits per heavy atom. The Bertz CT molecular complexity index is 473. The minimum absolute atomic E-state index is 0.0844. The van der Waals surface area contributed by atoms with Crippen LogP contribution in [-0.4, -0.2) is 34.5 Å². The third-order valence-electron chi connectivity index (χ3n) is 3.37. The van der Waals surface area contributed by atoms with E-state index in [1.807, 2.05) is 30.0 Å². The smallest absolute Gasteiger partial charge is 0.235 e. The average Bonchev–Trinajstić information content (AvgIpc) is 2.49. The quantitative estimate of drug-likeness (QED) is 0.340. The highest BCUT2D eigenvalue weighted by Crippen LogP contribution is 2.20. The second kappa shape index (κ2) is 7.19. The maximum atomic E-state index is 12.4. The topological polar surface area (TPSA) is 87.7 Å². The van der Waals surface area contributed by atoms with E-state index in [0.717, 1.165) is 29.9 Å². The molecule has 5 nitrogen and oxygen atoms in total. The standard InChI is InChI=1S/C14H19N3O2S/c15-13(17-19)12(10-4-2-1-3-5-10)14(18)16-11-6-8-20-9-7-11/h1-5,11-12,19H,6-9H2,(H2,15,17)(H,16,18). The Kier molecular flexibility index (Phi) is 5.29. The molecular formula is C14H19N3O2S. The number of nitrogens with zero attached hydrogens (tertiary/aromatic N) is 1. The van der Waals surface area contributed by atoms with Gasteiger partial charge in [-0.2, -0.15) is 11.8 Å². The summed E-state index contributed by atoms with van der Waals surface area (Å²) in [6.45, 7) is 0. The zero-order valence-electron chi connectivity index (χ0n) is 11.2. The molecule has 1 heterocycles. The summed E-state index contributed by atoms with van der Waals surface area (Å²) in [6, 6.07) is 9.32. The van der Waals surface area contributed by atoms with Gasteiger partial charge in [0.2, 0.25) is 5.91 Å². The molecule has 0 spiro atoms. The molecule has 1 fully saturated rings. The van der Waals surface area contributed by atoms with Crippen molar-refractivity contribution in [1.82, 2.24) is 5.32 Å². The van der Waals surface area contributed by atoms with Gasteiger partial charge in [-0.15, -0.1) is 0 Å². The Morgan fingerprint density at radius 1 is 1.35 bits per heavy atom. The monoisotopic (exact) mass is 293 g/mol. The van der Waals surface area contributed by atoms with E-state index in [-0.39, 0.29) is 17.8 Å². The zero-order valence-corrected chi connectivity index (χ0v) is 12.0. The van der Waals surface area contributed by atoms with Gasteiger partial charge in [-0.05, 0) is 29.9 Å². The minimum atomic E-state index is -0.740. The molecule has 6 heteroatoms. The lowest BCUT2D eigenvalue weighted by molar-refractivity contribution is -0.121. The first kappa shape index (κ1) is 14.7. The fourth-order valence-electron chi connectivity index (χ4n) is 2.29. The van der Waals surface area contributed by atoms with Gasteiger partial charge in [-0.3, -0.25) is 4.79 Å². The van der Waals surface area contributed by atoms with Crippen LogP contribution >= 0.6 is 11.8 Å². The van der Waals surface area contributed by atoms with E-state index in [0.29, 0.717) is 0 Å². The highest BCUT2D eigenvalue weighted by atomic mass is 32.2. The molecule has 4 N–H and O–H groups in total. The van der Waals surface area contributed by atoms with Gasteiger partial charge in [-0.25, -0.2) is 0 Å². The molecule has 20 heavy (non-hydrogen) atoms. The molecule has 0 saturated carbocycles. The van der Waals surface area contributed by atoms with Crippen molar-refractivity contribution in [3.05, 3.63) is 35.9 Å². The Hall–Kier alpha value is -1.69. The predicted molar refractivity (Wildman–Crippen MR) is 81.1 cm³/mol. The number of nitrogens with two attached hydrogens (primary N) is 1. The molecule has 0 aliphatic carbocycles. The number of benzene rings is 1. The van der Waals surface area contributed by atoms with Crippen molar-refractivity contribution in [1.29, 1.82) is 0 Å². The van der Waals surface area contributed by atoms with Crippen LogP contribution in [0.1, 0.15) is 24.3 Å². The second-order valence-electron chi connectivity index (χ2n) is 4.76. The van der Waals surface area contributed by atoms with Gasteiger partial charge in [0, 0.05) is 6.04 Å². The molecule has 0 radical (unpaired) electrons. The highest BCUT2D eigenvalue weighted by molar-refractivity contribution is 7.99. The number of carbonyl (C=O) groups is 1. The van der Waals surface area contributed by atoms with Crippen LogP contribution in [0.2, 0.25) is 0 Å². The van der Waals surface area contributed by atoms with Crippen molar-refractivity contribution in [2.45, 2.75) is 24.8 Å². The fourth-order valence-corrected chi connectivity index (χ4v) is 3.39. The summed E-state index contributed by atoms with van der Waals surface area (Å²) in [6.07, 6.45) is 1.93. The van der Waals surface area contributed by atoms with Gasteiger partial charge in [0.15, 0.2) is 5.84 Å². The second-order valence-corrected chi connectivity index (χ2v) is 5.99. The Labute approximate surface area is 122 Å². The van der Waals surface area contributed by atoms with E-state index in [4.69, 9.17) is 10.9 Å². The van der Waals surface area contributed by atoms with Crippen LogP contribution in [0, 0.1) is 0 Å². The first-order chi connectivity index (χ1) is 9.72. The third kappa shape index (κ3) is 3.66. The molecule has 108 valence electrons. The summed E-state index contributed by atoms with van der Waals surface area (Å²) in [5, 5.41) is 14.9. The summed E-state index contributed by atoms with van der Waals surface area (Å²) in [4.78, 5) is 12.4. The number of hydrogen-bond donors (Lipinski definition) is 3. The van der Waals surface area contributed by atoms with E-state index in [9.17, 15) is 4.79 Å². The molecule has 1 atom stereocenters. The van der Waals surface area contributed by atoms with Crippen molar-refractivity contribution in [3.8, 4) is 0 Å². The number of thioether (sulfide) groups is 1. The molecule has 1 unspecified atom stereocenters. The van der Waals surface area contributed by atoms with Gasteiger partial charge in [-0.1, -0.05) is 35.5 Å². The SMILES string of the molecule is N/C(=N/O)C(C(=O)NC1CCSCC1)c1ccccc1. The molecule has 1 aliphatic heterocycles. The van der Waals surface area contributed by atoms with Crippen LogP contribution in [0.5, 0.6) is 0 Å². The van der Waals surface area contributed by atoms with Gasteiger partial charge >= 0.3 is 0 Å². The van der Waals surface area contributed by atoms with Crippen LogP contribution in [0.3, 0.4) is 0 Å². The van der Waals surface area contributed by atoms with Crippen molar-refractivity contribution in [3.63, 3.8) is 0 Å². The van der Waals surface area contributed by atoms with Crippen LogP contribution in [0.4, 0.5) is 0 Å². The van der Waals surface area contributed by atoms with Crippen molar-refractivity contribution in [2.75, 3.05) is 11.5 Å². The maximum absolute atomic E-state index is 12.4. The molecule has 0 bridgehead atoms. The molecule has 1 aromatic carbocycles. The van der Waals surface area contributed by atoms with Gasteiger partial charge < -0.3 is 16.3 Å². The normalized spacial score (nSPS) is 18.5. The lowest BCUT2D eigenvalue weighted by Crippen LogP contribution is -2.43. The molecule has 1 amide bonds. The summed E-state index contributed by atoms with van der Waals surface area (Å²) < 4.78 is 0. The summed E-state index contributed by atoms with van der Waals surface area (Å²) in [5.41, 5.74) is 6.42. The number of amidine groups is 1. The first-order valence-electron chi connectivity index (χ1n) is 6.63. The molecule has 1 aliphatic rings. The number of carbonyl (C=O) groups excluding carboxylic acids is 1. The minimum Gasteiger partial charge on any atom is -0.409 e. The number of oxime groups is 1. The first-order valence-corrected chi connectivity index (χ1v) is 7.78. The van der Waals surface area contributed by atoms with E-state index < -0.39 is 5.92 Å². The van der Waals surface area contributed by atoms with Crippen LogP contribution in [-0.2, 0) is 4.79 Å². The average molecular weight is 293 g/mol. The van der Waals surface area contributed by atoms with Crippen LogP contribution in [0.15, 0.2) is 35.5 Å². The molecular weight excluding hydrogens is 274 g/mol. The van der Waals surface area contributed by atoms with E-state index in [2.05, 4.69) is 10.5 Å². The summed E-state index contributed by atoms with van der Waals surface area (Å²) in [7, 11) is 0. The maximum Gasteiger partial charge on any atom is 0.235 e. The lowest BCUT2D eigenvalue weighted by atomic mass is 9.96. The van der Waals surface area contributed by atoms with Crippen molar-refractivity contribution in [2.24, 2.45) is 10.9 Å². The summed E-state index contributed by atoms with van der Waals surface area (Å²) in [5.74, 6) is 1.09. The van der Waals surface area contributed by atoms with Crippen molar-refractivity contribution >= 4 is 23.5 Å². The van der Waals surface area contributed by atoms with E-state index in [1.165, 1.54) is 0 Å². The fraction of sp³-hybridized carbons (Fsp3) is 0.429. The van der Waals surface area contributed by atoms with Gasteiger partial charge in [0.1, 0.15) is 5.92 Å². The number of nitrogens with one attached hydrogen (secondary N) is 1. The third-order valence-corrected chi connectivity index (χ3v) is 4.42. The molecule has 2 rings (SSSR count). The number of hydrogen-bond acceptors (Lipinski definition) is 4. The van der Waals surface area contributed by atoms with Gasteiger partial charge in [0.25, 0.3) is 0 Å². The van der Waals surface area contributed by atoms with Crippen molar-refractivity contribution < 1.29 is 10.0 Å². The predicted octanol–water partition coefficient (Wildman–Crippen LogP) is 1.53. The summed E-state index contributed by atoms with van der Waals surface area (Å²) >= 11 is 1.90. The Morgan fingerprint density at radius 2 is 2.00 bits per heavy atom. The van der Waals surface area contributed by atoms with E-state index >= 15 is 0 Å².